The molecule has 0 amide bonds. The molecule has 12 heteroatoms. The van der Waals surface area contributed by atoms with E-state index in [9.17, 15) is 14.4 Å². The molecule has 2 aromatic heterocycles. The van der Waals surface area contributed by atoms with Crippen molar-refractivity contribution >= 4 is 35.0 Å². The fourth-order valence-electron chi connectivity index (χ4n) is 2.62. The van der Waals surface area contributed by atoms with Crippen molar-refractivity contribution in [1.29, 1.82) is 0 Å². The molecule has 2 heterocycles. The smallest absolute Gasteiger partial charge is 0.329 e. The third-order valence-corrected chi connectivity index (χ3v) is 5.08. The molecule has 3 aromatic rings. The molecule has 3 N–H and O–H groups in total. The van der Waals surface area contributed by atoms with Gasteiger partial charge in [-0.1, -0.05) is 37.2 Å². The monoisotopic (exact) mass is 435 g/mol. The average Bonchev–Trinajstić information content (AvgIpc) is 3.12. The van der Waals surface area contributed by atoms with Gasteiger partial charge in [0.1, 0.15) is 11.4 Å². The molecule has 3 rings (SSSR count). The van der Waals surface area contributed by atoms with Crippen LogP contribution in [0.1, 0.15) is 24.2 Å². The van der Waals surface area contributed by atoms with Gasteiger partial charge in [0.25, 0.3) is 5.56 Å². The van der Waals surface area contributed by atoms with Gasteiger partial charge in [0.05, 0.1) is 11.4 Å². The summed E-state index contributed by atoms with van der Waals surface area (Å²) in [5, 5.41) is 12.4. The van der Waals surface area contributed by atoms with E-state index < -0.39 is 17.0 Å². The van der Waals surface area contributed by atoms with Crippen molar-refractivity contribution in [1.82, 2.24) is 29.8 Å². The average molecular weight is 436 g/mol. The van der Waals surface area contributed by atoms with E-state index in [0.717, 1.165) is 11.8 Å². The van der Waals surface area contributed by atoms with E-state index in [1.165, 1.54) is 9.25 Å². The Balaban J connectivity index is 1.84. The lowest BCUT2D eigenvalue weighted by atomic mass is 10.2. The lowest BCUT2D eigenvalue weighted by Crippen LogP contribution is -2.37. The highest BCUT2D eigenvalue weighted by molar-refractivity contribution is 7.99. The number of ketones is 1. The van der Waals surface area contributed by atoms with Gasteiger partial charge in [-0.25, -0.2) is 4.79 Å². The van der Waals surface area contributed by atoms with E-state index in [4.69, 9.17) is 17.3 Å². The Morgan fingerprint density at radius 2 is 1.97 bits per heavy atom. The highest BCUT2D eigenvalue weighted by atomic mass is 35.5. The van der Waals surface area contributed by atoms with Gasteiger partial charge in [0.15, 0.2) is 5.78 Å². The number of H-pyrrole nitrogens is 1. The van der Waals surface area contributed by atoms with E-state index in [1.54, 1.807) is 24.3 Å². The van der Waals surface area contributed by atoms with E-state index in [2.05, 4.69) is 20.5 Å². The minimum Gasteiger partial charge on any atom is -0.384 e. The Hall–Kier alpha value is -2.92. The third-order valence-electron chi connectivity index (χ3n) is 3.91. The normalized spacial score (nSPS) is 11.2. The molecular formula is C17H18ClN7O3S. The van der Waals surface area contributed by atoms with Crippen LogP contribution in [0.4, 0.5) is 5.82 Å². The number of thioether (sulfide) groups is 1. The number of nitrogens with one attached hydrogen (secondary N) is 1. The Bertz CT molecular complexity index is 1150. The lowest BCUT2D eigenvalue weighted by molar-refractivity contribution is 0.102. The van der Waals surface area contributed by atoms with Crippen molar-refractivity contribution in [2.24, 2.45) is 5.92 Å². The molecule has 0 saturated heterocycles. The number of nitrogens with zero attached hydrogens (tertiary/aromatic N) is 5. The highest BCUT2D eigenvalue weighted by Gasteiger charge is 2.21. The number of anilines is 1. The standard InChI is InChI=1S/C17H18ClN7O3S/c1-9(2)7-24-14(19)13(15(27)20-16(24)28)12(26)8-29-17-21-22-23-25(17)11-5-3-10(18)4-6-11/h3-6,9H,7-8,19H2,1-2H3,(H,20,27,28). The molecule has 0 bridgehead atoms. The van der Waals surface area contributed by atoms with Crippen molar-refractivity contribution in [2.45, 2.75) is 25.5 Å². The van der Waals surface area contributed by atoms with Crippen LogP contribution in [0.5, 0.6) is 0 Å². The second-order valence-corrected chi connectivity index (χ2v) is 7.96. The predicted molar refractivity (Wildman–Crippen MR) is 110 cm³/mol. The Morgan fingerprint density at radius 1 is 1.28 bits per heavy atom. The van der Waals surface area contributed by atoms with Crippen molar-refractivity contribution in [3.8, 4) is 5.69 Å². The minimum atomic E-state index is -0.810. The molecule has 0 aliphatic carbocycles. The first-order chi connectivity index (χ1) is 13.8. The van der Waals surface area contributed by atoms with E-state index in [0.29, 0.717) is 15.9 Å². The summed E-state index contributed by atoms with van der Waals surface area (Å²) >= 11 is 6.93. The number of carbonyl (C=O) groups is 1. The van der Waals surface area contributed by atoms with Crippen molar-refractivity contribution in [3.63, 3.8) is 0 Å². The molecule has 0 unspecified atom stereocenters. The molecule has 152 valence electrons. The third kappa shape index (κ3) is 4.57. The fourth-order valence-corrected chi connectivity index (χ4v) is 3.51. The van der Waals surface area contributed by atoms with Gasteiger partial charge in [-0.05, 0) is 40.6 Å². The molecule has 0 spiro atoms. The first kappa shape index (κ1) is 20.8. The van der Waals surface area contributed by atoms with Crippen LogP contribution in [0.2, 0.25) is 5.02 Å². The highest BCUT2D eigenvalue weighted by Crippen LogP contribution is 2.21. The molecular weight excluding hydrogens is 418 g/mol. The second kappa shape index (κ2) is 8.62. The van der Waals surface area contributed by atoms with Crippen LogP contribution in [0.3, 0.4) is 0 Å². The summed E-state index contributed by atoms with van der Waals surface area (Å²) in [7, 11) is 0. The molecule has 0 aliphatic heterocycles. The maximum atomic E-state index is 12.7. The van der Waals surface area contributed by atoms with Gasteiger partial charge in [0, 0.05) is 11.6 Å². The number of benzene rings is 1. The zero-order valence-electron chi connectivity index (χ0n) is 15.6. The van der Waals surface area contributed by atoms with Crippen LogP contribution in [0.25, 0.3) is 5.69 Å². The Kier molecular flexibility index (Phi) is 6.18. The largest absolute Gasteiger partial charge is 0.384 e. The Morgan fingerprint density at radius 3 is 2.62 bits per heavy atom. The number of hydrogen-bond acceptors (Lipinski definition) is 8. The number of nitrogens with two attached hydrogens (primary N) is 1. The first-order valence-electron chi connectivity index (χ1n) is 8.60. The Labute approximate surface area is 174 Å². The summed E-state index contributed by atoms with van der Waals surface area (Å²) in [5.41, 5.74) is 4.94. The van der Waals surface area contributed by atoms with Crippen LogP contribution in [-0.2, 0) is 6.54 Å². The molecule has 0 radical (unpaired) electrons. The number of hydrogen-bond donors (Lipinski definition) is 2. The SMILES string of the molecule is CC(C)Cn1c(N)c(C(=O)CSc2nnnn2-c2ccc(Cl)cc2)c(=O)[nH]c1=O. The van der Waals surface area contributed by atoms with E-state index in [1.807, 2.05) is 13.8 Å². The van der Waals surface area contributed by atoms with Gasteiger partial charge in [-0.15, -0.1) is 5.10 Å². The van der Waals surface area contributed by atoms with Crippen LogP contribution in [-0.4, -0.2) is 41.3 Å². The minimum absolute atomic E-state index is 0.0993. The van der Waals surface area contributed by atoms with Gasteiger partial charge in [-0.2, -0.15) is 4.68 Å². The second-order valence-electron chi connectivity index (χ2n) is 6.59. The number of rotatable bonds is 7. The topological polar surface area (TPSA) is 142 Å². The molecule has 0 aliphatic rings. The van der Waals surface area contributed by atoms with Crippen molar-refractivity contribution in [2.75, 3.05) is 11.5 Å². The fraction of sp³-hybridized carbons (Fsp3) is 0.294. The number of aromatic nitrogens is 6. The van der Waals surface area contributed by atoms with Gasteiger partial charge < -0.3 is 5.73 Å². The number of halogens is 1. The zero-order valence-corrected chi connectivity index (χ0v) is 17.2. The van der Waals surface area contributed by atoms with Crippen LogP contribution < -0.4 is 17.0 Å². The van der Waals surface area contributed by atoms with E-state index in [-0.39, 0.29) is 29.6 Å². The molecule has 0 atom stereocenters. The number of tetrazole rings is 1. The van der Waals surface area contributed by atoms with E-state index >= 15 is 0 Å². The number of carbonyl (C=O) groups excluding carboxylic acids is 1. The lowest BCUT2D eigenvalue weighted by Gasteiger charge is -2.13. The summed E-state index contributed by atoms with van der Waals surface area (Å²) in [6.07, 6.45) is 0. The summed E-state index contributed by atoms with van der Waals surface area (Å²) in [6.45, 7) is 4.07. The first-order valence-corrected chi connectivity index (χ1v) is 9.97. The van der Waals surface area contributed by atoms with Gasteiger partial charge in [0.2, 0.25) is 5.16 Å². The zero-order chi connectivity index (χ0) is 21.1. The summed E-state index contributed by atoms with van der Waals surface area (Å²) in [5.74, 6) is -0.712. The summed E-state index contributed by atoms with van der Waals surface area (Å²) < 4.78 is 2.64. The van der Waals surface area contributed by atoms with Gasteiger partial charge >= 0.3 is 5.69 Å². The molecule has 0 saturated carbocycles. The van der Waals surface area contributed by atoms with Crippen molar-refractivity contribution < 1.29 is 4.79 Å². The van der Waals surface area contributed by atoms with Crippen LogP contribution in [0, 0.1) is 5.92 Å². The number of Topliss-reactive ketones (excluding diaryl/α,β-unsaturated/α-hetero) is 1. The van der Waals surface area contributed by atoms with Gasteiger partial charge in [-0.3, -0.25) is 19.1 Å². The van der Waals surface area contributed by atoms with Crippen LogP contribution in [0.15, 0.2) is 39.0 Å². The predicted octanol–water partition coefficient (Wildman–Crippen LogP) is 1.38. The maximum Gasteiger partial charge on any atom is 0.329 e. The molecule has 0 fully saturated rings. The summed E-state index contributed by atoms with van der Waals surface area (Å²) in [4.78, 5) is 39.0. The van der Waals surface area contributed by atoms with Crippen LogP contribution >= 0.6 is 23.4 Å². The quantitative estimate of drug-likeness (QED) is 0.418. The van der Waals surface area contributed by atoms with Crippen molar-refractivity contribution in [3.05, 3.63) is 55.7 Å². The number of nitrogen functional groups attached to an aromatic ring is 1. The number of aromatic amines is 1. The maximum absolute atomic E-state index is 12.7. The molecule has 29 heavy (non-hydrogen) atoms. The molecule has 10 nitrogen and oxygen atoms in total. The summed E-state index contributed by atoms with van der Waals surface area (Å²) in [6, 6.07) is 6.84. The molecule has 1 aromatic carbocycles.